The molecule has 1 atom stereocenters. The van der Waals surface area contributed by atoms with Gasteiger partial charge >= 0.3 is 6.03 Å². The molecule has 7 nitrogen and oxygen atoms in total. The van der Waals surface area contributed by atoms with E-state index in [-0.39, 0.29) is 23.3 Å². The number of carbonyl (C=O) groups is 3. The van der Waals surface area contributed by atoms with Gasteiger partial charge in [-0.25, -0.2) is 4.79 Å². The minimum atomic E-state index is -0.457. The molecule has 7 heteroatoms. The van der Waals surface area contributed by atoms with Crippen LogP contribution in [0.4, 0.5) is 4.79 Å². The van der Waals surface area contributed by atoms with Gasteiger partial charge in [0.05, 0.1) is 0 Å². The molecule has 4 rings (SSSR count). The van der Waals surface area contributed by atoms with Crippen molar-refractivity contribution in [1.29, 1.82) is 0 Å². The molecule has 0 radical (unpaired) electrons. The van der Waals surface area contributed by atoms with Gasteiger partial charge in [-0.1, -0.05) is 30.3 Å². The summed E-state index contributed by atoms with van der Waals surface area (Å²) in [6.07, 6.45) is 4.27. The summed E-state index contributed by atoms with van der Waals surface area (Å²) in [5.74, 6) is 0.234. The van der Waals surface area contributed by atoms with E-state index in [1.165, 1.54) is 5.56 Å². The Kier molecular flexibility index (Phi) is 5.24. The van der Waals surface area contributed by atoms with Crippen LogP contribution in [-0.4, -0.2) is 66.4 Å². The maximum atomic E-state index is 12.5. The molecule has 3 saturated heterocycles. The zero-order valence-electron chi connectivity index (χ0n) is 16.2. The third-order valence-electron chi connectivity index (χ3n) is 6.35. The van der Waals surface area contributed by atoms with Gasteiger partial charge in [0.15, 0.2) is 0 Å². The van der Waals surface area contributed by atoms with Crippen molar-refractivity contribution in [3.8, 4) is 0 Å². The first-order valence-corrected chi connectivity index (χ1v) is 10.2. The number of nitrogens with one attached hydrogen (secondary N) is 2. The van der Waals surface area contributed by atoms with E-state index in [4.69, 9.17) is 0 Å². The van der Waals surface area contributed by atoms with Crippen molar-refractivity contribution in [3.63, 3.8) is 0 Å². The number of urea groups is 1. The van der Waals surface area contributed by atoms with E-state index in [9.17, 15) is 14.4 Å². The van der Waals surface area contributed by atoms with Crippen molar-refractivity contribution in [2.45, 2.75) is 38.1 Å². The maximum absolute atomic E-state index is 12.5. The minimum absolute atomic E-state index is 0.0117. The maximum Gasteiger partial charge on any atom is 0.315 e. The number of carbonyl (C=O) groups excluding carboxylic acids is 3. The highest BCUT2D eigenvalue weighted by molar-refractivity contribution is 5.90. The number of benzene rings is 1. The van der Waals surface area contributed by atoms with Crippen LogP contribution in [0.5, 0.6) is 0 Å². The summed E-state index contributed by atoms with van der Waals surface area (Å²) in [4.78, 5) is 40.2. The molecular formula is C21H28N4O3. The highest BCUT2D eigenvalue weighted by atomic mass is 16.2. The molecule has 3 fully saturated rings. The van der Waals surface area contributed by atoms with Gasteiger partial charge in [-0.05, 0) is 31.2 Å². The third kappa shape index (κ3) is 3.98. The van der Waals surface area contributed by atoms with Crippen LogP contribution in [0, 0.1) is 5.41 Å². The monoisotopic (exact) mass is 384 g/mol. The fraction of sp³-hybridized carbons (Fsp3) is 0.571. The predicted octanol–water partition coefficient (Wildman–Crippen LogP) is 1.14. The Morgan fingerprint density at radius 2 is 1.89 bits per heavy atom. The Morgan fingerprint density at radius 3 is 2.57 bits per heavy atom. The Labute approximate surface area is 165 Å². The fourth-order valence-electron chi connectivity index (χ4n) is 4.66. The molecule has 0 aliphatic carbocycles. The van der Waals surface area contributed by atoms with E-state index in [1.54, 1.807) is 0 Å². The first-order valence-electron chi connectivity index (χ1n) is 10.2. The number of piperidine rings is 1. The number of amides is 4. The van der Waals surface area contributed by atoms with Crippen molar-refractivity contribution in [1.82, 2.24) is 20.4 Å². The lowest BCUT2D eigenvalue weighted by Gasteiger charge is -2.39. The molecule has 0 saturated carbocycles. The first kappa shape index (κ1) is 18.8. The summed E-state index contributed by atoms with van der Waals surface area (Å²) in [5.41, 5.74) is 1.32. The van der Waals surface area contributed by atoms with Gasteiger partial charge in [-0.3, -0.25) is 9.59 Å². The van der Waals surface area contributed by atoms with E-state index < -0.39 is 6.04 Å². The number of rotatable bonds is 5. The number of hydrogen-bond acceptors (Lipinski definition) is 3. The lowest BCUT2D eigenvalue weighted by molar-refractivity contribution is -0.134. The zero-order valence-corrected chi connectivity index (χ0v) is 16.2. The summed E-state index contributed by atoms with van der Waals surface area (Å²) in [7, 11) is 0. The van der Waals surface area contributed by atoms with Crippen molar-refractivity contribution < 1.29 is 14.4 Å². The molecule has 3 heterocycles. The van der Waals surface area contributed by atoms with Crippen molar-refractivity contribution in [2.24, 2.45) is 5.41 Å². The highest BCUT2D eigenvalue weighted by Gasteiger charge is 2.45. The van der Waals surface area contributed by atoms with Gasteiger partial charge < -0.3 is 20.4 Å². The molecule has 1 aromatic carbocycles. The molecule has 1 aromatic rings. The summed E-state index contributed by atoms with van der Waals surface area (Å²) < 4.78 is 0. The Morgan fingerprint density at radius 1 is 1.14 bits per heavy atom. The fourth-order valence-corrected chi connectivity index (χ4v) is 4.66. The van der Waals surface area contributed by atoms with Gasteiger partial charge in [0.2, 0.25) is 11.8 Å². The molecule has 28 heavy (non-hydrogen) atoms. The van der Waals surface area contributed by atoms with E-state index >= 15 is 0 Å². The molecule has 0 aromatic heterocycles. The third-order valence-corrected chi connectivity index (χ3v) is 6.35. The zero-order chi connectivity index (χ0) is 19.6. The summed E-state index contributed by atoms with van der Waals surface area (Å²) >= 11 is 0. The highest BCUT2D eigenvalue weighted by Crippen LogP contribution is 2.41. The van der Waals surface area contributed by atoms with Crippen molar-refractivity contribution >= 4 is 17.8 Å². The SMILES string of the molecule is O=C1NC[C@@H](C(=O)N2CCC3(CC2)CC(=O)N(CCCc2ccccc2)C3)N1. The Balaban J connectivity index is 1.25. The van der Waals surface area contributed by atoms with Gasteiger partial charge in [-0.2, -0.15) is 0 Å². The van der Waals surface area contributed by atoms with Crippen LogP contribution in [0.1, 0.15) is 31.2 Å². The molecule has 2 N–H and O–H groups in total. The van der Waals surface area contributed by atoms with E-state index in [1.807, 2.05) is 28.0 Å². The molecule has 0 unspecified atom stereocenters. The van der Waals surface area contributed by atoms with Gasteiger partial charge in [-0.15, -0.1) is 0 Å². The minimum Gasteiger partial charge on any atom is -0.342 e. The average Bonchev–Trinajstić information content (AvgIpc) is 3.26. The standard InChI is InChI=1S/C21H28N4O3/c26-18-13-21(15-25(18)10-4-7-16-5-2-1-3-6-16)8-11-24(12-9-21)19(27)17-14-22-20(28)23-17/h1-3,5-6,17H,4,7-15H2,(H2,22,23,28)/t17-/m0/s1. The van der Waals surface area contributed by atoms with Crippen LogP contribution in [0.2, 0.25) is 0 Å². The molecule has 1 spiro atoms. The van der Waals surface area contributed by atoms with Crippen LogP contribution in [0.25, 0.3) is 0 Å². The number of likely N-dealkylation sites (tertiary alicyclic amines) is 2. The second-order valence-electron chi connectivity index (χ2n) is 8.31. The van der Waals surface area contributed by atoms with Crippen molar-refractivity contribution in [2.75, 3.05) is 32.7 Å². The van der Waals surface area contributed by atoms with Gasteiger partial charge in [0.25, 0.3) is 0 Å². The van der Waals surface area contributed by atoms with Crippen LogP contribution in [-0.2, 0) is 16.0 Å². The summed E-state index contributed by atoms with van der Waals surface area (Å²) in [5, 5.41) is 5.29. The number of nitrogens with zero attached hydrogens (tertiary/aromatic N) is 2. The molecular weight excluding hydrogens is 356 g/mol. The number of hydrogen-bond donors (Lipinski definition) is 2. The molecule has 3 aliphatic heterocycles. The first-order chi connectivity index (χ1) is 13.5. The van der Waals surface area contributed by atoms with Crippen LogP contribution >= 0.6 is 0 Å². The summed E-state index contributed by atoms with van der Waals surface area (Å²) in [6, 6.07) is 9.64. The lowest BCUT2D eigenvalue weighted by atomic mass is 9.77. The second kappa shape index (κ2) is 7.81. The lowest BCUT2D eigenvalue weighted by Crippen LogP contribution is -2.50. The van der Waals surface area contributed by atoms with Gasteiger partial charge in [0, 0.05) is 44.6 Å². The second-order valence-corrected chi connectivity index (χ2v) is 8.31. The van der Waals surface area contributed by atoms with E-state index in [0.717, 1.165) is 38.8 Å². The molecule has 0 bridgehead atoms. The molecule has 3 aliphatic rings. The normalized spacial score (nSPS) is 23.8. The Hall–Kier alpha value is -2.57. The quantitative estimate of drug-likeness (QED) is 0.799. The van der Waals surface area contributed by atoms with E-state index in [2.05, 4.69) is 22.8 Å². The topological polar surface area (TPSA) is 81.8 Å². The summed E-state index contributed by atoms with van der Waals surface area (Å²) in [6.45, 7) is 3.29. The molecule has 150 valence electrons. The van der Waals surface area contributed by atoms with Crippen LogP contribution < -0.4 is 10.6 Å². The van der Waals surface area contributed by atoms with Crippen LogP contribution in [0.3, 0.4) is 0 Å². The smallest absolute Gasteiger partial charge is 0.315 e. The number of aryl methyl sites for hydroxylation is 1. The molecule has 4 amide bonds. The average molecular weight is 384 g/mol. The largest absolute Gasteiger partial charge is 0.342 e. The van der Waals surface area contributed by atoms with Crippen LogP contribution in [0.15, 0.2) is 30.3 Å². The van der Waals surface area contributed by atoms with Gasteiger partial charge in [0.1, 0.15) is 6.04 Å². The Bertz CT molecular complexity index is 743. The van der Waals surface area contributed by atoms with Crippen molar-refractivity contribution in [3.05, 3.63) is 35.9 Å². The predicted molar refractivity (Wildman–Crippen MR) is 105 cm³/mol. The van der Waals surface area contributed by atoms with E-state index in [0.29, 0.717) is 26.1 Å².